The van der Waals surface area contributed by atoms with Crippen molar-refractivity contribution in [3.8, 4) is 0 Å². The van der Waals surface area contributed by atoms with Crippen molar-refractivity contribution in [2.45, 2.75) is 77.4 Å². The van der Waals surface area contributed by atoms with Crippen molar-refractivity contribution in [3.05, 3.63) is 0 Å². The van der Waals surface area contributed by atoms with Crippen LogP contribution in [0.4, 0.5) is 0 Å². The maximum Gasteiger partial charge on any atom is 0.164 e. The minimum atomic E-state index is -1.21. The van der Waals surface area contributed by atoms with E-state index in [9.17, 15) is 0 Å². The molecule has 0 bridgehead atoms. The van der Waals surface area contributed by atoms with Crippen LogP contribution in [0.5, 0.6) is 0 Å². The summed E-state index contributed by atoms with van der Waals surface area (Å²) in [5.41, 5.74) is 0. The lowest BCUT2D eigenvalue weighted by atomic mass is 10.1. The summed E-state index contributed by atoms with van der Waals surface area (Å²) in [4.78, 5) is 0. The Balaban J connectivity index is 0. The first kappa shape index (κ1) is 20.2. The predicted molar refractivity (Wildman–Crippen MR) is 76.6 cm³/mol. The van der Waals surface area contributed by atoms with E-state index in [1.54, 1.807) is 0 Å². The van der Waals surface area contributed by atoms with Crippen LogP contribution >= 0.6 is 0 Å². The Hall–Kier alpha value is -0.160. The maximum absolute atomic E-state index is 8.61. The zero-order valence-electron chi connectivity index (χ0n) is 12.0. The number of hydrogen-bond acceptors (Lipinski definition) is 3. The molecule has 0 rings (SSSR count). The van der Waals surface area contributed by atoms with Gasteiger partial charge in [-0.3, -0.25) is 0 Å². The van der Waals surface area contributed by atoms with Gasteiger partial charge in [-0.2, -0.15) is 0 Å². The molecule has 5 N–H and O–H groups in total. The maximum atomic E-state index is 8.61. The van der Waals surface area contributed by atoms with Gasteiger partial charge in [0, 0.05) is 6.54 Å². The monoisotopic (exact) mass is 263 g/mol. The standard InChI is InChI=1S/C14H31NO2.H2O/c1-2-3-4-5-6-7-8-9-10-11-12-15-13-14(16)17;/h14-17H,2-13H2,1H3;1H2. The third kappa shape index (κ3) is 18.2. The van der Waals surface area contributed by atoms with Crippen LogP contribution in [0.2, 0.25) is 0 Å². The van der Waals surface area contributed by atoms with E-state index in [-0.39, 0.29) is 12.0 Å². The number of rotatable bonds is 13. The Morgan fingerprint density at radius 1 is 0.778 bits per heavy atom. The third-order valence-electron chi connectivity index (χ3n) is 3.03. The average molecular weight is 263 g/mol. The van der Waals surface area contributed by atoms with Crippen molar-refractivity contribution < 1.29 is 15.7 Å². The van der Waals surface area contributed by atoms with Gasteiger partial charge in [0.25, 0.3) is 0 Å². The lowest BCUT2D eigenvalue weighted by Crippen LogP contribution is -2.26. The summed E-state index contributed by atoms with van der Waals surface area (Å²) in [6, 6.07) is 0. The van der Waals surface area contributed by atoms with Crippen LogP contribution < -0.4 is 5.32 Å². The van der Waals surface area contributed by atoms with E-state index in [1.165, 1.54) is 57.8 Å². The first-order valence-corrected chi connectivity index (χ1v) is 7.34. The van der Waals surface area contributed by atoms with Crippen LogP contribution in [-0.2, 0) is 0 Å². The van der Waals surface area contributed by atoms with E-state index in [0.717, 1.165) is 13.0 Å². The molecule has 0 amide bonds. The Morgan fingerprint density at radius 2 is 1.22 bits per heavy atom. The van der Waals surface area contributed by atoms with Crippen molar-refractivity contribution in [3.63, 3.8) is 0 Å². The molecule has 4 heteroatoms. The molecule has 0 fully saturated rings. The number of unbranched alkanes of at least 4 members (excludes halogenated alkanes) is 9. The Kier molecular flexibility index (Phi) is 18.9. The molecule has 0 saturated carbocycles. The van der Waals surface area contributed by atoms with Crippen molar-refractivity contribution in [2.75, 3.05) is 13.1 Å². The minimum absolute atomic E-state index is 0. The SMILES string of the molecule is CCCCCCCCCCCCNCC(O)O.O. The third-order valence-corrected chi connectivity index (χ3v) is 3.03. The van der Waals surface area contributed by atoms with Gasteiger partial charge < -0.3 is 21.0 Å². The van der Waals surface area contributed by atoms with Gasteiger partial charge in [-0.15, -0.1) is 0 Å². The molecule has 0 aliphatic carbocycles. The van der Waals surface area contributed by atoms with Crippen LogP contribution in [-0.4, -0.2) is 35.1 Å². The molecule has 0 unspecified atom stereocenters. The normalized spacial score (nSPS) is 10.7. The Bertz CT molecular complexity index is 143. The summed E-state index contributed by atoms with van der Waals surface area (Å²) in [6.07, 6.45) is 12.2. The summed E-state index contributed by atoms with van der Waals surface area (Å²) >= 11 is 0. The number of aliphatic hydroxyl groups is 2. The number of aliphatic hydroxyl groups excluding tert-OH is 1. The number of hydrogen-bond donors (Lipinski definition) is 3. The lowest BCUT2D eigenvalue weighted by molar-refractivity contribution is -0.0370. The van der Waals surface area contributed by atoms with Crippen molar-refractivity contribution in [1.82, 2.24) is 5.32 Å². The quantitative estimate of drug-likeness (QED) is 0.351. The van der Waals surface area contributed by atoms with Gasteiger partial charge >= 0.3 is 0 Å². The Labute approximate surface area is 112 Å². The van der Waals surface area contributed by atoms with Gasteiger partial charge in [-0.05, 0) is 13.0 Å². The van der Waals surface area contributed by atoms with E-state index in [1.807, 2.05) is 0 Å². The molecule has 18 heavy (non-hydrogen) atoms. The van der Waals surface area contributed by atoms with E-state index >= 15 is 0 Å². The van der Waals surface area contributed by atoms with Gasteiger partial charge in [0.15, 0.2) is 6.29 Å². The molecule has 0 radical (unpaired) electrons. The van der Waals surface area contributed by atoms with Crippen LogP contribution in [0.25, 0.3) is 0 Å². The highest BCUT2D eigenvalue weighted by atomic mass is 16.5. The molecule has 4 nitrogen and oxygen atoms in total. The second kappa shape index (κ2) is 16.8. The summed E-state index contributed by atoms with van der Waals surface area (Å²) < 4.78 is 0. The van der Waals surface area contributed by atoms with Crippen LogP contribution in [0.1, 0.15) is 71.1 Å². The summed E-state index contributed by atoms with van der Waals surface area (Å²) in [7, 11) is 0. The highest BCUT2D eigenvalue weighted by Gasteiger charge is 1.95. The molecule has 112 valence electrons. The van der Waals surface area contributed by atoms with Crippen molar-refractivity contribution in [1.29, 1.82) is 0 Å². The first-order valence-electron chi connectivity index (χ1n) is 7.34. The van der Waals surface area contributed by atoms with Gasteiger partial charge in [0.05, 0.1) is 0 Å². The van der Waals surface area contributed by atoms with Crippen molar-refractivity contribution in [2.24, 2.45) is 0 Å². The molecule has 0 atom stereocenters. The van der Waals surface area contributed by atoms with Gasteiger partial charge in [-0.25, -0.2) is 0 Å². The molecule has 0 saturated heterocycles. The fourth-order valence-electron chi connectivity index (χ4n) is 1.97. The zero-order chi connectivity index (χ0) is 12.8. The predicted octanol–water partition coefficient (Wildman–Crippen LogP) is 1.98. The van der Waals surface area contributed by atoms with Gasteiger partial charge in [0.2, 0.25) is 0 Å². The zero-order valence-corrected chi connectivity index (χ0v) is 12.0. The van der Waals surface area contributed by atoms with Gasteiger partial charge in [-0.1, -0.05) is 64.7 Å². The first-order chi connectivity index (χ1) is 8.27. The topological polar surface area (TPSA) is 84.0 Å². The highest BCUT2D eigenvalue weighted by molar-refractivity contribution is 4.51. The summed E-state index contributed by atoms with van der Waals surface area (Å²) in [6.45, 7) is 3.44. The summed E-state index contributed by atoms with van der Waals surface area (Å²) in [5, 5.41) is 20.2. The van der Waals surface area contributed by atoms with Gasteiger partial charge in [0.1, 0.15) is 0 Å². The molecule has 0 aliphatic rings. The minimum Gasteiger partial charge on any atom is -0.412 e. The fourth-order valence-corrected chi connectivity index (χ4v) is 1.97. The second-order valence-corrected chi connectivity index (χ2v) is 4.87. The lowest BCUT2D eigenvalue weighted by Gasteiger charge is -2.06. The summed E-state index contributed by atoms with van der Waals surface area (Å²) in [5.74, 6) is 0. The van der Waals surface area contributed by atoms with Crippen LogP contribution in [0, 0.1) is 0 Å². The molecule has 0 aromatic heterocycles. The number of nitrogens with one attached hydrogen (secondary N) is 1. The molecular formula is C14H33NO3. The molecule has 0 aromatic rings. The van der Waals surface area contributed by atoms with E-state index in [4.69, 9.17) is 10.2 Å². The molecule has 0 heterocycles. The second-order valence-electron chi connectivity index (χ2n) is 4.87. The van der Waals surface area contributed by atoms with Crippen molar-refractivity contribution >= 4 is 0 Å². The average Bonchev–Trinajstić information content (AvgIpc) is 2.30. The highest BCUT2D eigenvalue weighted by Crippen LogP contribution is 2.10. The molecule has 0 spiro atoms. The van der Waals surface area contributed by atoms with E-state index in [2.05, 4.69) is 12.2 Å². The Morgan fingerprint density at radius 3 is 1.67 bits per heavy atom. The molecule has 0 aliphatic heterocycles. The smallest absolute Gasteiger partial charge is 0.164 e. The van der Waals surface area contributed by atoms with E-state index in [0.29, 0.717) is 0 Å². The van der Waals surface area contributed by atoms with E-state index < -0.39 is 6.29 Å². The fraction of sp³-hybridized carbons (Fsp3) is 1.00. The molecule has 0 aromatic carbocycles. The van der Waals surface area contributed by atoms with Crippen LogP contribution in [0.3, 0.4) is 0 Å². The molecular weight excluding hydrogens is 230 g/mol. The van der Waals surface area contributed by atoms with Crippen LogP contribution in [0.15, 0.2) is 0 Å². The largest absolute Gasteiger partial charge is 0.412 e.